The lowest BCUT2D eigenvalue weighted by Crippen LogP contribution is -1.99. The Labute approximate surface area is 98.7 Å². The zero-order valence-electron chi connectivity index (χ0n) is 10.4. The van der Waals surface area contributed by atoms with Gasteiger partial charge in [0.05, 0.1) is 0 Å². The molecule has 0 aliphatic rings. The number of aryl methyl sites for hydroxylation is 1. The van der Waals surface area contributed by atoms with Gasteiger partial charge < -0.3 is 0 Å². The minimum absolute atomic E-state index is 0.830. The van der Waals surface area contributed by atoms with Crippen LogP contribution in [-0.4, -0.2) is 0 Å². The van der Waals surface area contributed by atoms with E-state index in [0.717, 1.165) is 5.92 Å². The third kappa shape index (κ3) is 3.98. The van der Waals surface area contributed by atoms with Gasteiger partial charge in [-0.05, 0) is 47.6 Å². The zero-order chi connectivity index (χ0) is 11.1. The molecule has 0 saturated carbocycles. The van der Waals surface area contributed by atoms with Gasteiger partial charge >= 0.3 is 0 Å². The van der Waals surface area contributed by atoms with Crippen LogP contribution in [0.4, 0.5) is 0 Å². The van der Waals surface area contributed by atoms with Crippen molar-refractivity contribution in [2.75, 3.05) is 0 Å². The molecule has 0 radical (unpaired) electrons. The first-order chi connectivity index (χ1) is 7.29. The maximum atomic E-state index is 2.37. The SMILES string of the molecule is CCCCC(CCCC)c1cscc1C. The van der Waals surface area contributed by atoms with Crippen LogP contribution in [0.25, 0.3) is 0 Å². The van der Waals surface area contributed by atoms with Crippen LogP contribution < -0.4 is 0 Å². The number of unbranched alkanes of at least 4 members (excludes halogenated alkanes) is 2. The molecule has 0 bridgehead atoms. The van der Waals surface area contributed by atoms with Crippen molar-refractivity contribution in [1.82, 2.24) is 0 Å². The normalized spacial score (nSPS) is 11.2. The Bertz CT molecular complexity index is 254. The Morgan fingerprint density at radius 3 is 2.07 bits per heavy atom. The average Bonchev–Trinajstić information content (AvgIpc) is 2.65. The topological polar surface area (TPSA) is 0 Å². The van der Waals surface area contributed by atoms with Gasteiger partial charge in [0.2, 0.25) is 0 Å². The van der Waals surface area contributed by atoms with E-state index in [0.29, 0.717) is 0 Å². The van der Waals surface area contributed by atoms with Crippen molar-refractivity contribution in [3.05, 3.63) is 21.9 Å². The van der Waals surface area contributed by atoms with Crippen molar-refractivity contribution in [3.63, 3.8) is 0 Å². The first-order valence-corrected chi connectivity index (χ1v) is 7.26. The summed E-state index contributed by atoms with van der Waals surface area (Å²) in [5.41, 5.74) is 3.14. The lowest BCUT2D eigenvalue weighted by Gasteiger charge is -2.16. The third-order valence-electron chi connectivity index (χ3n) is 3.15. The van der Waals surface area contributed by atoms with Crippen molar-refractivity contribution in [2.45, 2.75) is 65.2 Å². The molecule has 0 N–H and O–H groups in total. The van der Waals surface area contributed by atoms with E-state index in [1.54, 1.807) is 5.56 Å². The molecule has 0 amide bonds. The number of hydrogen-bond acceptors (Lipinski definition) is 1. The van der Waals surface area contributed by atoms with Crippen molar-refractivity contribution >= 4 is 11.3 Å². The first kappa shape index (κ1) is 12.8. The Morgan fingerprint density at radius 2 is 1.67 bits per heavy atom. The summed E-state index contributed by atoms with van der Waals surface area (Å²) < 4.78 is 0. The van der Waals surface area contributed by atoms with Gasteiger partial charge in [-0.15, -0.1) is 0 Å². The Balaban J connectivity index is 2.58. The van der Waals surface area contributed by atoms with E-state index in [-0.39, 0.29) is 0 Å². The second-order valence-electron chi connectivity index (χ2n) is 4.49. The second-order valence-corrected chi connectivity index (χ2v) is 5.24. The number of rotatable bonds is 7. The van der Waals surface area contributed by atoms with Crippen LogP contribution in [0.3, 0.4) is 0 Å². The number of thiophene rings is 1. The van der Waals surface area contributed by atoms with E-state index in [1.807, 2.05) is 11.3 Å². The molecule has 0 fully saturated rings. The summed E-state index contributed by atoms with van der Waals surface area (Å²) in [6.45, 7) is 6.84. The molecule has 1 heterocycles. The fraction of sp³-hybridized carbons (Fsp3) is 0.714. The molecule has 0 nitrogen and oxygen atoms in total. The molecule has 86 valence electrons. The summed E-state index contributed by atoms with van der Waals surface area (Å²) in [4.78, 5) is 0. The van der Waals surface area contributed by atoms with Crippen LogP contribution in [0.1, 0.15) is 69.4 Å². The Morgan fingerprint density at radius 1 is 1.07 bits per heavy atom. The van der Waals surface area contributed by atoms with E-state index in [9.17, 15) is 0 Å². The van der Waals surface area contributed by atoms with Crippen molar-refractivity contribution in [2.24, 2.45) is 0 Å². The van der Waals surface area contributed by atoms with Gasteiger partial charge in [-0.3, -0.25) is 0 Å². The quantitative estimate of drug-likeness (QED) is 0.572. The van der Waals surface area contributed by atoms with Gasteiger partial charge in [0.25, 0.3) is 0 Å². The van der Waals surface area contributed by atoms with Gasteiger partial charge in [0.15, 0.2) is 0 Å². The number of hydrogen-bond donors (Lipinski definition) is 0. The average molecular weight is 224 g/mol. The van der Waals surface area contributed by atoms with Crippen molar-refractivity contribution in [1.29, 1.82) is 0 Å². The maximum Gasteiger partial charge on any atom is -0.00557 e. The monoisotopic (exact) mass is 224 g/mol. The molecule has 1 aromatic heterocycles. The van der Waals surface area contributed by atoms with Crippen LogP contribution in [-0.2, 0) is 0 Å². The minimum atomic E-state index is 0.830. The van der Waals surface area contributed by atoms with Crippen LogP contribution >= 0.6 is 11.3 Å². The smallest absolute Gasteiger partial charge is 0.00557 e. The second kappa shape index (κ2) is 7.05. The molecule has 0 saturated heterocycles. The summed E-state index contributed by atoms with van der Waals surface area (Å²) in [6, 6.07) is 0. The van der Waals surface area contributed by atoms with E-state index >= 15 is 0 Å². The predicted octanol–water partition coefficient (Wildman–Crippen LogP) is 5.52. The Hall–Kier alpha value is -0.300. The van der Waals surface area contributed by atoms with Gasteiger partial charge in [0.1, 0.15) is 0 Å². The largest absolute Gasteiger partial charge is 0.152 e. The molecule has 1 rings (SSSR count). The first-order valence-electron chi connectivity index (χ1n) is 6.32. The maximum absolute atomic E-state index is 2.37. The molecular weight excluding hydrogens is 200 g/mol. The molecular formula is C14H24S. The van der Waals surface area contributed by atoms with E-state index in [2.05, 4.69) is 31.5 Å². The highest BCUT2D eigenvalue weighted by Crippen LogP contribution is 2.31. The highest BCUT2D eigenvalue weighted by Gasteiger charge is 2.13. The molecule has 1 aromatic rings. The fourth-order valence-electron chi connectivity index (χ4n) is 2.14. The fourth-order valence-corrected chi connectivity index (χ4v) is 3.08. The molecule has 0 unspecified atom stereocenters. The summed E-state index contributed by atoms with van der Waals surface area (Å²) in [5, 5.41) is 4.66. The standard InChI is InChI=1S/C14H24S/c1-4-6-8-13(9-7-5-2)14-11-15-10-12(14)3/h10-11,13H,4-9H2,1-3H3. The lowest BCUT2D eigenvalue weighted by atomic mass is 9.89. The third-order valence-corrected chi connectivity index (χ3v) is 4.03. The predicted molar refractivity (Wildman–Crippen MR) is 70.8 cm³/mol. The zero-order valence-corrected chi connectivity index (χ0v) is 11.2. The van der Waals surface area contributed by atoms with Crippen LogP contribution in [0.5, 0.6) is 0 Å². The highest BCUT2D eigenvalue weighted by molar-refractivity contribution is 7.08. The molecule has 0 aromatic carbocycles. The molecule has 0 atom stereocenters. The molecule has 0 spiro atoms. The molecule has 15 heavy (non-hydrogen) atoms. The molecule has 0 aliphatic carbocycles. The summed E-state index contributed by atoms with van der Waals surface area (Å²) in [6.07, 6.45) is 8.17. The molecule has 1 heteroatoms. The van der Waals surface area contributed by atoms with Crippen molar-refractivity contribution in [3.8, 4) is 0 Å². The Kier molecular flexibility index (Phi) is 6.00. The van der Waals surface area contributed by atoms with Gasteiger partial charge in [-0.25, -0.2) is 0 Å². The summed E-state index contributed by atoms with van der Waals surface area (Å²) >= 11 is 1.86. The summed E-state index contributed by atoms with van der Waals surface area (Å²) in [5.74, 6) is 0.830. The van der Waals surface area contributed by atoms with E-state index in [1.165, 1.54) is 44.1 Å². The van der Waals surface area contributed by atoms with Crippen LogP contribution in [0.15, 0.2) is 10.8 Å². The van der Waals surface area contributed by atoms with E-state index < -0.39 is 0 Å². The minimum Gasteiger partial charge on any atom is -0.152 e. The van der Waals surface area contributed by atoms with Gasteiger partial charge in [-0.1, -0.05) is 39.5 Å². The van der Waals surface area contributed by atoms with Crippen LogP contribution in [0, 0.1) is 6.92 Å². The molecule has 0 aliphatic heterocycles. The van der Waals surface area contributed by atoms with Gasteiger partial charge in [-0.2, -0.15) is 11.3 Å². The lowest BCUT2D eigenvalue weighted by molar-refractivity contribution is 0.524. The van der Waals surface area contributed by atoms with Crippen molar-refractivity contribution < 1.29 is 0 Å². The highest BCUT2D eigenvalue weighted by atomic mass is 32.1. The van der Waals surface area contributed by atoms with E-state index in [4.69, 9.17) is 0 Å². The summed E-state index contributed by atoms with van der Waals surface area (Å²) in [7, 11) is 0. The van der Waals surface area contributed by atoms with Crippen LogP contribution in [0.2, 0.25) is 0 Å². The van der Waals surface area contributed by atoms with Gasteiger partial charge in [0, 0.05) is 0 Å².